The van der Waals surface area contributed by atoms with Crippen LogP contribution in [0.1, 0.15) is 0 Å². The van der Waals surface area contributed by atoms with Crippen molar-refractivity contribution in [3.8, 4) is 0 Å². The summed E-state index contributed by atoms with van der Waals surface area (Å²) in [6.07, 6.45) is 2.95. The number of hydrogen-bond acceptors (Lipinski definition) is 3. The van der Waals surface area contributed by atoms with Crippen molar-refractivity contribution >= 4 is 11.9 Å². The second-order valence-electron chi connectivity index (χ2n) is 1.59. The van der Waals surface area contributed by atoms with E-state index in [1.807, 2.05) is 0 Å². The second kappa shape index (κ2) is 10.2. The van der Waals surface area contributed by atoms with Crippen molar-refractivity contribution in [3.63, 3.8) is 0 Å². The van der Waals surface area contributed by atoms with Gasteiger partial charge in [0.25, 0.3) is 0 Å². The Hall–Kier alpha value is -1.84. The van der Waals surface area contributed by atoms with Gasteiger partial charge in [-0.15, -0.1) is 13.2 Å². The van der Waals surface area contributed by atoms with Gasteiger partial charge in [0.05, 0.1) is 0 Å². The predicted octanol–water partition coefficient (Wildman–Crippen LogP) is 1.16. The molecule has 1 N–H and O–H groups in total. The summed E-state index contributed by atoms with van der Waals surface area (Å²) in [7, 11) is 0. The fourth-order valence-corrected chi connectivity index (χ4v) is 0.329. The Kier molecular flexibility index (Phi) is 10.7. The predicted molar refractivity (Wildman–Crippen MR) is 49.2 cm³/mol. The molecule has 0 aliphatic carbocycles. The summed E-state index contributed by atoms with van der Waals surface area (Å²) in [5.41, 5.74) is 0. The zero-order valence-electron chi connectivity index (χ0n) is 7.23. The molecule has 0 aliphatic heterocycles. The minimum absolute atomic E-state index is 0.0861. The van der Waals surface area contributed by atoms with Crippen LogP contribution in [0.2, 0.25) is 0 Å². The van der Waals surface area contributed by atoms with E-state index in [1.165, 1.54) is 6.08 Å². The summed E-state index contributed by atoms with van der Waals surface area (Å²) in [6, 6.07) is 0. The Morgan fingerprint density at radius 3 is 2.23 bits per heavy atom. The van der Waals surface area contributed by atoms with Crippen molar-refractivity contribution in [3.05, 3.63) is 38.0 Å². The summed E-state index contributed by atoms with van der Waals surface area (Å²) in [4.78, 5) is 20.3. The lowest BCUT2D eigenvalue weighted by Crippen LogP contribution is -2.01. The number of carboxylic acid groups (broad SMARTS) is 1. The smallest absolute Gasteiger partial charge is 0.331 e. The van der Waals surface area contributed by atoms with E-state index < -0.39 is 11.9 Å². The number of ether oxygens (including phenoxy) is 1. The fraction of sp³-hybridized carbons (Fsp3) is 0.111. The third-order valence-electron chi connectivity index (χ3n) is 0.705. The van der Waals surface area contributed by atoms with Crippen molar-refractivity contribution < 1.29 is 19.4 Å². The van der Waals surface area contributed by atoms with Gasteiger partial charge in [-0.3, -0.25) is 0 Å². The van der Waals surface area contributed by atoms with Crippen LogP contribution in [0.3, 0.4) is 0 Å². The molecule has 0 atom stereocenters. The molecule has 0 rings (SSSR count). The highest BCUT2D eigenvalue weighted by Gasteiger charge is 1.94. The Labute approximate surface area is 76.8 Å². The van der Waals surface area contributed by atoms with Gasteiger partial charge in [-0.1, -0.05) is 12.7 Å². The van der Waals surface area contributed by atoms with E-state index in [0.29, 0.717) is 6.08 Å². The molecule has 0 aliphatic rings. The second-order valence-corrected chi connectivity index (χ2v) is 1.59. The zero-order valence-corrected chi connectivity index (χ0v) is 7.23. The molecule has 0 aromatic heterocycles. The van der Waals surface area contributed by atoms with Crippen LogP contribution in [0, 0.1) is 0 Å². The first-order chi connectivity index (χ1) is 6.16. The van der Waals surface area contributed by atoms with E-state index in [2.05, 4.69) is 24.5 Å². The highest BCUT2D eigenvalue weighted by atomic mass is 16.5. The average molecular weight is 184 g/mol. The summed E-state index contributed by atoms with van der Waals surface area (Å²) < 4.78 is 4.43. The van der Waals surface area contributed by atoms with Gasteiger partial charge in [-0.05, 0) is 0 Å². The highest BCUT2D eigenvalue weighted by molar-refractivity contribution is 5.90. The molecule has 0 fully saturated rings. The summed E-state index contributed by atoms with van der Waals surface area (Å²) in [5, 5.41) is 8.07. The van der Waals surface area contributed by atoms with Crippen molar-refractivity contribution in [2.45, 2.75) is 0 Å². The van der Waals surface area contributed by atoms with Crippen LogP contribution in [-0.4, -0.2) is 23.7 Å². The molecule has 0 saturated heterocycles. The van der Waals surface area contributed by atoms with E-state index in [1.54, 1.807) is 0 Å². The molecule has 0 amide bonds. The largest absolute Gasteiger partial charge is 0.478 e. The number of aliphatic carboxylic acids is 1. The van der Waals surface area contributed by atoms with Crippen LogP contribution in [0.25, 0.3) is 0 Å². The van der Waals surface area contributed by atoms with E-state index in [9.17, 15) is 9.59 Å². The summed E-state index contributed by atoms with van der Waals surface area (Å²) in [5.74, 6) is -1.87. The molecular weight excluding hydrogens is 172 g/mol. The molecule has 0 aromatic carbocycles. The number of carboxylic acids is 1. The molecule has 4 heteroatoms. The van der Waals surface area contributed by atoms with Crippen molar-refractivity contribution in [2.24, 2.45) is 0 Å². The first-order valence-electron chi connectivity index (χ1n) is 3.35. The summed E-state index contributed by atoms with van der Waals surface area (Å²) in [6.45, 7) is 9.40. The van der Waals surface area contributed by atoms with Gasteiger partial charge < -0.3 is 9.84 Å². The SMILES string of the molecule is C=C.C=CCOC(=O)/C=C/C(=O)O. The van der Waals surface area contributed by atoms with Crippen LogP contribution in [0.15, 0.2) is 38.0 Å². The van der Waals surface area contributed by atoms with E-state index in [-0.39, 0.29) is 6.61 Å². The lowest BCUT2D eigenvalue weighted by atomic mass is 10.5. The quantitative estimate of drug-likeness (QED) is 0.404. The van der Waals surface area contributed by atoms with Crippen molar-refractivity contribution in [2.75, 3.05) is 6.61 Å². The van der Waals surface area contributed by atoms with E-state index in [4.69, 9.17) is 5.11 Å². The minimum atomic E-state index is -1.18. The Morgan fingerprint density at radius 1 is 1.31 bits per heavy atom. The molecular formula is C9H12O4. The van der Waals surface area contributed by atoms with Crippen molar-refractivity contribution in [1.29, 1.82) is 0 Å². The molecule has 0 aromatic rings. The van der Waals surface area contributed by atoms with Crippen LogP contribution in [-0.2, 0) is 14.3 Å². The molecule has 13 heavy (non-hydrogen) atoms. The van der Waals surface area contributed by atoms with Crippen LogP contribution in [0.5, 0.6) is 0 Å². The number of rotatable bonds is 4. The van der Waals surface area contributed by atoms with Crippen molar-refractivity contribution in [1.82, 2.24) is 0 Å². The molecule has 72 valence electrons. The third-order valence-corrected chi connectivity index (χ3v) is 0.705. The molecule has 0 saturated carbocycles. The third kappa shape index (κ3) is 13.2. The molecule has 0 radical (unpaired) electrons. The van der Waals surface area contributed by atoms with Gasteiger partial charge in [0.1, 0.15) is 6.61 Å². The number of carbonyl (C=O) groups excluding carboxylic acids is 1. The van der Waals surface area contributed by atoms with Crippen LogP contribution >= 0.6 is 0 Å². The van der Waals surface area contributed by atoms with Gasteiger partial charge in [0.2, 0.25) is 0 Å². The number of hydrogen-bond donors (Lipinski definition) is 1. The van der Waals surface area contributed by atoms with Gasteiger partial charge in [-0.25, -0.2) is 9.59 Å². The zero-order chi connectivity index (χ0) is 10.7. The highest BCUT2D eigenvalue weighted by Crippen LogP contribution is 1.81. The van der Waals surface area contributed by atoms with Crippen LogP contribution < -0.4 is 0 Å². The van der Waals surface area contributed by atoms with E-state index >= 15 is 0 Å². The average Bonchev–Trinajstić information content (AvgIpc) is 2.14. The minimum Gasteiger partial charge on any atom is -0.478 e. The normalized spacial score (nSPS) is 8.31. The first-order valence-corrected chi connectivity index (χ1v) is 3.35. The van der Waals surface area contributed by atoms with E-state index in [0.717, 1.165) is 6.08 Å². The van der Waals surface area contributed by atoms with Gasteiger partial charge in [0, 0.05) is 12.2 Å². The van der Waals surface area contributed by atoms with Gasteiger partial charge >= 0.3 is 11.9 Å². The lowest BCUT2D eigenvalue weighted by molar-refractivity contribution is -0.137. The maximum absolute atomic E-state index is 10.5. The standard InChI is InChI=1S/C7H8O4.C2H4/c1-2-5-11-7(10)4-3-6(8)9;1-2/h2-4H,1,5H2,(H,8,9);1-2H2/b4-3+;. The Bertz CT molecular complexity index is 206. The van der Waals surface area contributed by atoms with Gasteiger partial charge in [0.15, 0.2) is 0 Å². The number of carbonyl (C=O) groups is 2. The first kappa shape index (κ1) is 13.7. The molecule has 0 spiro atoms. The fourth-order valence-electron chi connectivity index (χ4n) is 0.329. The molecule has 0 bridgehead atoms. The maximum Gasteiger partial charge on any atom is 0.331 e. The Morgan fingerprint density at radius 2 is 1.85 bits per heavy atom. The number of esters is 1. The van der Waals surface area contributed by atoms with Gasteiger partial charge in [-0.2, -0.15) is 0 Å². The van der Waals surface area contributed by atoms with Crippen LogP contribution in [0.4, 0.5) is 0 Å². The Balaban J connectivity index is 0. The molecule has 0 unspecified atom stereocenters. The summed E-state index contributed by atoms with van der Waals surface area (Å²) >= 11 is 0. The maximum atomic E-state index is 10.5. The monoisotopic (exact) mass is 184 g/mol. The lowest BCUT2D eigenvalue weighted by Gasteiger charge is -1.93. The molecule has 0 heterocycles. The molecule has 4 nitrogen and oxygen atoms in total. The topological polar surface area (TPSA) is 63.6 Å².